The van der Waals surface area contributed by atoms with Crippen molar-refractivity contribution in [2.45, 2.75) is 12.8 Å². The molecule has 2 aliphatic heterocycles. The highest BCUT2D eigenvalue weighted by Crippen LogP contribution is 2.33. The van der Waals surface area contributed by atoms with Crippen LogP contribution in [0.3, 0.4) is 0 Å². The van der Waals surface area contributed by atoms with Crippen molar-refractivity contribution in [3.63, 3.8) is 0 Å². The third-order valence-electron chi connectivity index (χ3n) is 4.96. The van der Waals surface area contributed by atoms with Crippen LogP contribution in [-0.2, 0) is 4.79 Å². The van der Waals surface area contributed by atoms with Gasteiger partial charge in [0.25, 0.3) is 5.91 Å². The molecule has 0 saturated carbocycles. The van der Waals surface area contributed by atoms with Gasteiger partial charge in [0, 0.05) is 36.3 Å². The quantitative estimate of drug-likeness (QED) is 0.877. The molecular weight excluding hydrogens is 370 g/mol. The number of hydrogen-bond acceptors (Lipinski definition) is 4. The van der Waals surface area contributed by atoms with E-state index in [1.165, 1.54) is 6.07 Å². The van der Waals surface area contributed by atoms with Crippen molar-refractivity contribution >= 4 is 17.5 Å². The highest BCUT2D eigenvalue weighted by atomic mass is 19.2. The Balaban J connectivity index is 1.34. The Labute approximate surface area is 160 Å². The molecule has 0 aromatic heterocycles. The van der Waals surface area contributed by atoms with E-state index in [9.17, 15) is 18.4 Å². The highest BCUT2D eigenvalue weighted by Gasteiger charge is 2.28. The van der Waals surface area contributed by atoms with Crippen LogP contribution >= 0.6 is 0 Å². The largest absolute Gasteiger partial charge is 0.454 e. The highest BCUT2D eigenvalue weighted by molar-refractivity contribution is 5.96. The Morgan fingerprint density at radius 1 is 0.964 bits per heavy atom. The number of ether oxygens (including phenoxy) is 2. The molecule has 0 spiro atoms. The summed E-state index contributed by atoms with van der Waals surface area (Å²) in [6.45, 7) is 1.01. The maximum Gasteiger partial charge on any atom is 0.253 e. The van der Waals surface area contributed by atoms with E-state index in [1.807, 2.05) is 0 Å². The normalized spacial score (nSPS) is 16.1. The first-order valence-electron chi connectivity index (χ1n) is 8.96. The van der Waals surface area contributed by atoms with Crippen molar-refractivity contribution in [1.82, 2.24) is 4.90 Å². The van der Waals surface area contributed by atoms with E-state index in [-0.39, 0.29) is 30.2 Å². The second kappa shape index (κ2) is 7.46. The number of nitrogens with one attached hydrogen (secondary N) is 1. The Bertz CT molecular complexity index is 926. The lowest BCUT2D eigenvalue weighted by molar-refractivity contribution is -0.121. The number of carbonyl (C=O) groups is 2. The molecule has 4 rings (SSSR count). The van der Waals surface area contributed by atoms with Gasteiger partial charge in [0.1, 0.15) is 0 Å². The number of fused-ring (bicyclic) bond motifs is 1. The maximum atomic E-state index is 13.3. The van der Waals surface area contributed by atoms with E-state index in [0.29, 0.717) is 43.0 Å². The second-order valence-electron chi connectivity index (χ2n) is 6.75. The summed E-state index contributed by atoms with van der Waals surface area (Å²) in [5.41, 5.74) is 0.719. The molecular formula is C20H18F2N2O4. The van der Waals surface area contributed by atoms with Crippen molar-refractivity contribution in [1.29, 1.82) is 0 Å². The van der Waals surface area contributed by atoms with Gasteiger partial charge in [0.15, 0.2) is 23.1 Å². The van der Waals surface area contributed by atoms with E-state index in [2.05, 4.69) is 5.32 Å². The standard InChI is InChI=1S/C20H18F2N2O4/c21-15-3-2-14(10-16(15)22)23-19(25)12-5-7-24(8-6-12)20(26)13-1-4-17-18(9-13)28-11-27-17/h1-4,9-10,12H,5-8,11H2,(H,23,25). The van der Waals surface area contributed by atoms with Crippen LogP contribution in [0.1, 0.15) is 23.2 Å². The molecule has 2 amide bonds. The molecule has 2 aromatic carbocycles. The van der Waals surface area contributed by atoms with Gasteiger partial charge in [-0.05, 0) is 43.2 Å². The van der Waals surface area contributed by atoms with Crippen LogP contribution in [0.4, 0.5) is 14.5 Å². The van der Waals surface area contributed by atoms with Gasteiger partial charge < -0.3 is 19.7 Å². The number of anilines is 1. The van der Waals surface area contributed by atoms with Crippen molar-refractivity contribution < 1.29 is 27.8 Å². The van der Waals surface area contributed by atoms with E-state index < -0.39 is 11.6 Å². The van der Waals surface area contributed by atoms with Crippen molar-refractivity contribution in [3.05, 3.63) is 53.6 Å². The van der Waals surface area contributed by atoms with Crippen LogP contribution in [0.15, 0.2) is 36.4 Å². The third kappa shape index (κ3) is 3.62. The Hall–Kier alpha value is -3.16. The maximum absolute atomic E-state index is 13.3. The van der Waals surface area contributed by atoms with Gasteiger partial charge in [-0.3, -0.25) is 9.59 Å². The molecule has 2 aliphatic rings. The number of piperidine rings is 1. The number of halogens is 2. The van der Waals surface area contributed by atoms with Gasteiger partial charge in [-0.25, -0.2) is 8.78 Å². The SMILES string of the molecule is O=C(Nc1ccc(F)c(F)c1)C1CCN(C(=O)c2ccc3c(c2)OCO3)CC1. The molecule has 1 N–H and O–H groups in total. The van der Waals surface area contributed by atoms with Crippen LogP contribution in [0.5, 0.6) is 11.5 Å². The molecule has 6 nitrogen and oxygen atoms in total. The number of benzene rings is 2. The zero-order valence-corrected chi connectivity index (χ0v) is 14.9. The molecule has 0 atom stereocenters. The van der Waals surface area contributed by atoms with Crippen LogP contribution in [0.2, 0.25) is 0 Å². The van der Waals surface area contributed by atoms with Gasteiger partial charge in [0.2, 0.25) is 12.7 Å². The van der Waals surface area contributed by atoms with Crippen LogP contribution in [-0.4, -0.2) is 36.6 Å². The molecule has 1 saturated heterocycles. The van der Waals surface area contributed by atoms with Crippen molar-refractivity contribution in [3.8, 4) is 11.5 Å². The number of likely N-dealkylation sites (tertiary alicyclic amines) is 1. The summed E-state index contributed by atoms with van der Waals surface area (Å²) in [5, 5.41) is 2.60. The molecule has 0 aliphatic carbocycles. The van der Waals surface area contributed by atoms with Crippen molar-refractivity contribution in [2.75, 3.05) is 25.2 Å². The van der Waals surface area contributed by atoms with Crippen LogP contribution in [0.25, 0.3) is 0 Å². The number of hydrogen-bond donors (Lipinski definition) is 1. The van der Waals surface area contributed by atoms with E-state index in [1.54, 1.807) is 23.1 Å². The molecule has 2 aromatic rings. The van der Waals surface area contributed by atoms with E-state index in [0.717, 1.165) is 12.1 Å². The third-order valence-corrected chi connectivity index (χ3v) is 4.96. The number of carbonyl (C=O) groups excluding carboxylic acids is 2. The molecule has 28 heavy (non-hydrogen) atoms. The molecule has 146 valence electrons. The predicted octanol–water partition coefficient (Wildman–Crippen LogP) is 3.18. The zero-order valence-electron chi connectivity index (χ0n) is 14.9. The second-order valence-corrected chi connectivity index (χ2v) is 6.75. The number of amides is 2. The summed E-state index contributed by atoms with van der Waals surface area (Å²) >= 11 is 0. The Morgan fingerprint density at radius 3 is 2.46 bits per heavy atom. The Kier molecular flexibility index (Phi) is 4.85. The minimum atomic E-state index is -1.01. The predicted molar refractivity (Wildman–Crippen MR) is 96.2 cm³/mol. The summed E-state index contributed by atoms with van der Waals surface area (Å²) in [6, 6.07) is 8.29. The zero-order chi connectivity index (χ0) is 19.7. The van der Waals surface area contributed by atoms with Gasteiger partial charge in [-0.15, -0.1) is 0 Å². The molecule has 0 bridgehead atoms. The minimum Gasteiger partial charge on any atom is -0.454 e. The lowest BCUT2D eigenvalue weighted by Gasteiger charge is -2.31. The lowest BCUT2D eigenvalue weighted by Crippen LogP contribution is -2.41. The van der Waals surface area contributed by atoms with Gasteiger partial charge in [-0.2, -0.15) is 0 Å². The smallest absolute Gasteiger partial charge is 0.253 e. The van der Waals surface area contributed by atoms with Gasteiger partial charge >= 0.3 is 0 Å². The average Bonchev–Trinajstić information content (AvgIpc) is 3.18. The fraction of sp³-hybridized carbons (Fsp3) is 0.300. The first-order valence-corrected chi connectivity index (χ1v) is 8.96. The number of rotatable bonds is 3. The molecule has 1 fully saturated rings. The first kappa shape index (κ1) is 18.2. The molecule has 0 unspecified atom stereocenters. The van der Waals surface area contributed by atoms with Crippen LogP contribution in [0, 0.1) is 17.6 Å². The fourth-order valence-electron chi connectivity index (χ4n) is 3.38. The average molecular weight is 388 g/mol. The lowest BCUT2D eigenvalue weighted by atomic mass is 9.95. The summed E-state index contributed by atoms with van der Waals surface area (Å²) < 4.78 is 36.8. The van der Waals surface area contributed by atoms with Gasteiger partial charge in [-0.1, -0.05) is 0 Å². The van der Waals surface area contributed by atoms with Crippen molar-refractivity contribution in [2.24, 2.45) is 5.92 Å². The van der Waals surface area contributed by atoms with Gasteiger partial charge in [0.05, 0.1) is 0 Å². The minimum absolute atomic E-state index is 0.127. The topological polar surface area (TPSA) is 67.9 Å². The first-order chi connectivity index (χ1) is 13.5. The Morgan fingerprint density at radius 2 is 1.71 bits per heavy atom. The fourth-order valence-corrected chi connectivity index (χ4v) is 3.38. The summed E-state index contributed by atoms with van der Waals surface area (Å²) in [4.78, 5) is 26.8. The van der Waals surface area contributed by atoms with Crippen LogP contribution < -0.4 is 14.8 Å². The van der Waals surface area contributed by atoms with E-state index in [4.69, 9.17) is 9.47 Å². The number of nitrogens with zero attached hydrogens (tertiary/aromatic N) is 1. The molecule has 2 heterocycles. The monoisotopic (exact) mass is 388 g/mol. The summed E-state index contributed by atoms with van der Waals surface area (Å²) in [6.07, 6.45) is 0.984. The molecule has 0 radical (unpaired) electrons. The molecule has 8 heteroatoms. The van der Waals surface area contributed by atoms with E-state index >= 15 is 0 Å². The summed E-state index contributed by atoms with van der Waals surface area (Å²) in [5.74, 6) is -1.50. The summed E-state index contributed by atoms with van der Waals surface area (Å²) in [7, 11) is 0.